The Kier molecular flexibility index (Phi) is 5.05. The number of rotatable bonds is 5. The van der Waals surface area contributed by atoms with Crippen molar-refractivity contribution in [1.82, 2.24) is 14.9 Å². The van der Waals surface area contributed by atoms with Crippen LogP contribution in [0.3, 0.4) is 0 Å². The second kappa shape index (κ2) is 6.08. The van der Waals surface area contributed by atoms with Gasteiger partial charge >= 0.3 is 0 Å². The molecular weight excluding hydrogens is 214 g/mol. The Labute approximate surface area is 91.3 Å². The van der Waals surface area contributed by atoms with Crippen LogP contribution in [0.2, 0.25) is 0 Å². The molecular formula is C9H17N3O2S. The van der Waals surface area contributed by atoms with Gasteiger partial charge in [-0.2, -0.15) is 0 Å². The Morgan fingerprint density at radius 1 is 1.40 bits per heavy atom. The number of terminal acetylenes is 1. The van der Waals surface area contributed by atoms with Gasteiger partial charge in [0, 0.05) is 32.7 Å². The fourth-order valence-electron chi connectivity index (χ4n) is 1.41. The minimum atomic E-state index is -3.20. The lowest BCUT2D eigenvalue weighted by Crippen LogP contribution is -2.45. The average Bonchev–Trinajstić information content (AvgIpc) is 2.25. The van der Waals surface area contributed by atoms with Gasteiger partial charge < -0.3 is 5.32 Å². The van der Waals surface area contributed by atoms with E-state index in [1.54, 1.807) is 0 Å². The van der Waals surface area contributed by atoms with E-state index in [0.29, 0.717) is 6.54 Å². The minimum Gasteiger partial charge on any atom is -0.314 e. The van der Waals surface area contributed by atoms with Crippen LogP contribution in [0.1, 0.15) is 0 Å². The first kappa shape index (κ1) is 12.5. The monoisotopic (exact) mass is 231 g/mol. The van der Waals surface area contributed by atoms with E-state index < -0.39 is 10.0 Å². The summed E-state index contributed by atoms with van der Waals surface area (Å²) in [7, 11) is -3.20. The molecule has 1 heterocycles. The van der Waals surface area contributed by atoms with Gasteiger partial charge in [-0.3, -0.25) is 4.90 Å². The van der Waals surface area contributed by atoms with E-state index >= 15 is 0 Å². The van der Waals surface area contributed by atoms with Gasteiger partial charge in [0.2, 0.25) is 10.0 Å². The number of hydrogen-bond acceptors (Lipinski definition) is 4. The van der Waals surface area contributed by atoms with Crippen LogP contribution in [-0.4, -0.2) is 58.3 Å². The first-order chi connectivity index (χ1) is 7.14. The highest BCUT2D eigenvalue weighted by molar-refractivity contribution is 7.89. The first-order valence-corrected chi connectivity index (χ1v) is 6.63. The maximum absolute atomic E-state index is 11.4. The molecule has 1 aliphatic heterocycles. The summed E-state index contributed by atoms with van der Waals surface area (Å²) >= 11 is 0. The second-order valence-electron chi connectivity index (χ2n) is 3.44. The molecule has 0 atom stereocenters. The van der Waals surface area contributed by atoms with E-state index in [9.17, 15) is 8.42 Å². The summed E-state index contributed by atoms with van der Waals surface area (Å²) < 4.78 is 25.1. The van der Waals surface area contributed by atoms with Crippen LogP contribution in [-0.2, 0) is 10.0 Å². The summed E-state index contributed by atoms with van der Waals surface area (Å²) in [6, 6.07) is 0. The van der Waals surface area contributed by atoms with Crippen molar-refractivity contribution >= 4 is 10.0 Å². The lowest BCUT2D eigenvalue weighted by atomic mass is 10.4. The van der Waals surface area contributed by atoms with Gasteiger partial charge in [-0.25, -0.2) is 13.1 Å². The maximum atomic E-state index is 11.4. The molecule has 0 amide bonds. The lowest BCUT2D eigenvalue weighted by molar-refractivity contribution is 0.253. The van der Waals surface area contributed by atoms with Gasteiger partial charge in [-0.15, -0.1) is 6.42 Å². The Morgan fingerprint density at radius 3 is 2.67 bits per heavy atom. The summed E-state index contributed by atoms with van der Waals surface area (Å²) in [6.07, 6.45) is 4.98. The predicted molar refractivity (Wildman–Crippen MR) is 59.9 cm³/mol. The van der Waals surface area contributed by atoms with Crippen molar-refractivity contribution in [2.45, 2.75) is 0 Å². The molecule has 0 aromatic heterocycles. The molecule has 5 nitrogen and oxygen atoms in total. The van der Waals surface area contributed by atoms with Crippen LogP contribution in [0.4, 0.5) is 0 Å². The molecule has 0 bridgehead atoms. The molecule has 0 aromatic rings. The molecule has 0 radical (unpaired) electrons. The highest BCUT2D eigenvalue weighted by Crippen LogP contribution is 1.93. The molecule has 1 fully saturated rings. The molecule has 6 heteroatoms. The number of nitrogens with zero attached hydrogens (tertiary/aromatic N) is 1. The average molecular weight is 231 g/mol. The van der Waals surface area contributed by atoms with Crippen LogP contribution < -0.4 is 10.0 Å². The zero-order valence-electron chi connectivity index (χ0n) is 8.70. The van der Waals surface area contributed by atoms with Crippen LogP contribution in [0, 0.1) is 12.3 Å². The molecule has 0 unspecified atom stereocenters. The molecule has 86 valence electrons. The van der Waals surface area contributed by atoms with Crippen molar-refractivity contribution in [2.75, 3.05) is 45.0 Å². The van der Waals surface area contributed by atoms with E-state index in [2.05, 4.69) is 20.9 Å². The molecule has 0 spiro atoms. The molecule has 1 aliphatic rings. The van der Waals surface area contributed by atoms with Gasteiger partial charge in [0.15, 0.2) is 0 Å². The summed E-state index contributed by atoms with van der Waals surface area (Å²) in [5.74, 6) is 2.37. The Morgan fingerprint density at radius 2 is 2.07 bits per heavy atom. The first-order valence-electron chi connectivity index (χ1n) is 4.98. The SMILES string of the molecule is C#CCNS(=O)(=O)CCN1CCNCC1. The zero-order valence-corrected chi connectivity index (χ0v) is 9.52. The van der Waals surface area contributed by atoms with Crippen molar-refractivity contribution in [3.63, 3.8) is 0 Å². The van der Waals surface area contributed by atoms with Gasteiger partial charge in [-0.05, 0) is 0 Å². The third-order valence-electron chi connectivity index (χ3n) is 2.28. The molecule has 0 saturated carbocycles. The second-order valence-corrected chi connectivity index (χ2v) is 5.36. The summed E-state index contributed by atoms with van der Waals surface area (Å²) in [5.41, 5.74) is 0. The van der Waals surface area contributed by atoms with Crippen LogP contribution >= 0.6 is 0 Å². The summed E-state index contributed by atoms with van der Waals surface area (Å²) in [5, 5.41) is 3.21. The highest BCUT2D eigenvalue weighted by Gasteiger charge is 2.14. The normalized spacial score (nSPS) is 18.6. The molecule has 15 heavy (non-hydrogen) atoms. The number of hydrogen-bond donors (Lipinski definition) is 2. The zero-order chi connectivity index (χ0) is 11.1. The van der Waals surface area contributed by atoms with Crippen LogP contribution in [0.5, 0.6) is 0 Å². The topological polar surface area (TPSA) is 61.4 Å². The fraction of sp³-hybridized carbons (Fsp3) is 0.778. The van der Waals surface area contributed by atoms with Gasteiger partial charge in [0.05, 0.1) is 12.3 Å². The number of piperazine rings is 1. The van der Waals surface area contributed by atoms with Crippen molar-refractivity contribution in [1.29, 1.82) is 0 Å². The molecule has 1 rings (SSSR count). The smallest absolute Gasteiger partial charge is 0.213 e. The van der Waals surface area contributed by atoms with Crippen LogP contribution in [0.25, 0.3) is 0 Å². The Bertz CT molecular complexity index is 315. The van der Waals surface area contributed by atoms with Gasteiger partial charge in [-0.1, -0.05) is 5.92 Å². The van der Waals surface area contributed by atoms with Gasteiger partial charge in [0.25, 0.3) is 0 Å². The van der Waals surface area contributed by atoms with E-state index in [0.717, 1.165) is 26.2 Å². The van der Waals surface area contributed by atoms with Crippen molar-refractivity contribution < 1.29 is 8.42 Å². The summed E-state index contributed by atoms with van der Waals surface area (Å²) in [6.45, 7) is 4.32. The van der Waals surface area contributed by atoms with Crippen molar-refractivity contribution in [2.24, 2.45) is 0 Å². The Hall–Kier alpha value is -0.610. The highest BCUT2D eigenvalue weighted by atomic mass is 32.2. The molecule has 2 N–H and O–H groups in total. The van der Waals surface area contributed by atoms with Crippen LogP contribution in [0.15, 0.2) is 0 Å². The molecule has 0 aromatic carbocycles. The predicted octanol–water partition coefficient (Wildman–Crippen LogP) is -1.56. The number of sulfonamides is 1. The van der Waals surface area contributed by atoms with Crippen molar-refractivity contribution in [3.8, 4) is 12.3 Å². The van der Waals surface area contributed by atoms with Gasteiger partial charge in [0.1, 0.15) is 0 Å². The third-order valence-corrected chi connectivity index (χ3v) is 3.58. The molecule has 1 saturated heterocycles. The van der Waals surface area contributed by atoms with E-state index in [4.69, 9.17) is 6.42 Å². The van der Waals surface area contributed by atoms with E-state index in [1.807, 2.05) is 0 Å². The summed E-state index contributed by atoms with van der Waals surface area (Å²) in [4.78, 5) is 2.13. The van der Waals surface area contributed by atoms with E-state index in [1.165, 1.54) is 0 Å². The standard InChI is InChI=1S/C9H17N3O2S/c1-2-3-11-15(13,14)9-8-12-6-4-10-5-7-12/h1,10-11H,3-9H2. The van der Waals surface area contributed by atoms with E-state index in [-0.39, 0.29) is 12.3 Å². The minimum absolute atomic E-state index is 0.0733. The fourth-order valence-corrected chi connectivity index (χ4v) is 2.35. The van der Waals surface area contributed by atoms with Crippen molar-refractivity contribution in [3.05, 3.63) is 0 Å². The Balaban J connectivity index is 2.26. The lowest BCUT2D eigenvalue weighted by Gasteiger charge is -2.26. The largest absolute Gasteiger partial charge is 0.314 e. The quantitative estimate of drug-likeness (QED) is 0.562. The molecule has 0 aliphatic carbocycles. The number of nitrogens with one attached hydrogen (secondary N) is 2. The third kappa shape index (κ3) is 5.14. The maximum Gasteiger partial charge on any atom is 0.213 e.